The zero-order valence-corrected chi connectivity index (χ0v) is 9.75. The Hall–Kier alpha value is -1.75. The summed E-state index contributed by atoms with van der Waals surface area (Å²) < 4.78 is 4.80. The van der Waals surface area contributed by atoms with Gasteiger partial charge in [-0.15, -0.1) is 6.42 Å². The second-order valence-electron chi connectivity index (χ2n) is 3.79. The first-order valence-corrected chi connectivity index (χ1v) is 5.28. The molecule has 0 aliphatic carbocycles. The van der Waals surface area contributed by atoms with Crippen LogP contribution in [0, 0.1) is 26.2 Å². The molecule has 0 heterocycles. The van der Waals surface area contributed by atoms with Crippen molar-refractivity contribution in [2.24, 2.45) is 0 Å². The summed E-state index contributed by atoms with van der Waals surface area (Å²) in [5.74, 6) is 2.03. The van der Waals surface area contributed by atoms with Crippen LogP contribution in [0.25, 0.3) is 0 Å². The zero-order valence-electron chi connectivity index (χ0n) is 9.75. The number of terminal acetylenes is 1. The molecule has 0 saturated heterocycles. The van der Waals surface area contributed by atoms with Gasteiger partial charge in [-0.05, 0) is 31.4 Å². The minimum Gasteiger partial charge on any atom is -0.452 e. The third-order valence-electron chi connectivity index (χ3n) is 2.41. The van der Waals surface area contributed by atoms with E-state index >= 15 is 0 Å². The molecule has 0 saturated carbocycles. The van der Waals surface area contributed by atoms with Gasteiger partial charge in [0.1, 0.15) is 0 Å². The van der Waals surface area contributed by atoms with Crippen LogP contribution in [-0.4, -0.2) is 12.6 Å². The molecule has 16 heavy (non-hydrogen) atoms. The molecule has 0 unspecified atom stereocenters. The highest BCUT2D eigenvalue weighted by Crippen LogP contribution is 2.12. The lowest BCUT2D eigenvalue weighted by Crippen LogP contribution is -2.06. The predicted molar refractivity (Wildman–Crippen MR) is 64.0 cm³/mol. The van der Waals surface area contributed by atoms with Crippen molar-refractivity contribution in [1.82, 2.24) is 0 Å². The molecule has 0 atom stereocenters. The molecule has 0 aliphatic heterocycles. The summed E-state index contributed by atoms with van der Waals surface area (Å²) in [6, 6.07) is 6.22. The van der Waals surface area contributed by atoms with Crippen LogP contribution < -0.4 is 0 Å². The SMILES string of the molecule is C#CCOC(=O)CCc1ccc(C)cc1C. The van der Waals surface area contributed by atoms with Gasteiger partial charge >= 0.3 is 5.97 Å². The maximum atomic E-state index is 11.2. The Balaban J connectivity index is 2.49. The third kappa shape index (κ3) is 3.78. The van der Waals surface area contributed by atoms with Gasteiger partial charge in [-0.25, -0.2) is 0 Å². The van der Waals surface area contributed by atoms with Crippen molar-refractivity contribution < 1.29 is 9.53 Å². The van der Waals surface area contributed by atoms with Gasteiger partial charge in [-0.1, -0.05) is 29.7 Å². The largest absolute Gasteiger partial charge is 0.452 e. The minimum atomic E-state index is -0.238. The Morgan fingerprint density at radius 1 is 1.44 bits per heavy atom. The quantitative estimate of drug-likeness (QED) is 0.570. The Bertz CT molecular complexity index is 413. The summed E-state index contributed by atoms with van der Waals surface area (Å²) in [5, 5.41) is 0. The maximum Gasteiger partial charge on any atom is 0.307 e. The van der Waals surface area contributed by atoms with Crippen molar-refractivity contribution >= 4 is 5.97 Å². The van der Waals surface area contributed by atoms with E-state index in [-0.39, 0.29) is 12.6 Å². The number of aryl methyl sites for hydroxylation is 3. The number of hydrogen-bond acceptors (Lipinski definition) is 2. The van der Waals surface area contributed by atoms with Crippen LogP contribution in [0.2, 0.25) is 0 Å². The molecule has 0 fully saturated rings. The van der Waals surface area contributed by atoms with Gasteiger partial charge in [0.15, 0.2) is 6.61 Å². The van der Waals surface area contributed by atoms with Gasteiger partial charge in [0.05, 0.1) is 0 Å². The van der Waals surface area contributed by atoms with Crippen LogP contribution in [0.3, 0.4) is 0 Å². The Labute approximate surface area is 96.6 Å². The highest BCUT2D eigenvalue weighted by molar-refractivity contribution is 5.70. The number of esters is 1. The lowest BCUT2D eigenvalue weighted by Gasteiger charge is -2.06. The molecule has 0 aliphatic rings. The number of ether oxygens (including phenoxy) is 1. The lowest BCUT2D eigenvalue weighted by molar-refractivity contribution is -0.142. The van der Waals surface area contributed by atoms with Crippen LogP contribution in [0.4, 0.5) is 0 Å². The highest BCUT2D eigenvalue weighted by atomic mass is 16.5. The van der Waals surface area contributed by atoms with Gasteiger partial charge in [0.2, 0.25) is 0 Å². The molecule has 2 heteroatoms. The van der Waals surface area contributed by atoms with E-state index in [1.807, 2.05) is 0 Å². The summed E-state index contributed by atoms with van der Waals surface area (Å²) in [5.41, 5.74) is 3.63. The minimum absolute atomic E-state index is 0.0612. The Kier molecular flexibility index (Phi) is 4.60. The van der Waals surface area contributed by atoms with Crippen LogP contribution in [0.15, 0.2) is 18.2 Å². The van der Waals surface area contributed by atoms with Crippen molar-refractivity contribution in [2.75, 3.05) is 6.61 Å². The molecule has 0 N–H and O–H groups in total. The molecule has 1 rings (SSSR count). The summed E-state index contributed by atoms with van der Waals surface area (Å²) in [6.45, 7) is 4.17. The summed E-state index contributed by atoms with van der Waals surface area (Å²) in [6.07, 6.45) is 6.08. The van der Waals surface area contributed by atoms with E-state index in [1.165, 1.54) is 16.7 Å². The molecular formula is C14H16O2. The van der Waals surface area contributed by atoms with Crippen molar-refractivity contribution in [3.63, 3.8) is 0 Å². The lowest BCUT2D eigenvalue weighted by atomic mass is 10.0. The first-order valence-electron chi connectivity index (χ1n) is 5.28. The monoisotopic (exact) mass is 216 g/mol. The smallest absolute Gasteiger partial charge is 0.307 e. The topological polar surface area (TPSA) is 26.3 Å². The van der Waals surface area contributed by atoms with Gasteiger partial charge in [-0.3, -0.25) is 4.79 Å². The standard InChI is InChI=1S/C14H16O2/c1-4-9-16-14(15)8-7-13-6-5-11(2)10-12(13)3/h1,5-6,10H,7-9H2,2-3H3. The van der Waals surface area contributed by atoms with Crippen LogP contribution in [-0.2, 0) is 16.0 Å². The van der Waals surface area contributed by atoms with E-state index in [0.29, 0.717) is 12.8 Å². The van der Waals surface area contributed by atoms with Gasteiger partial charge in [-0.2, -0.15) is 0 Å². The second-order valence-corrected chi connectivity index (χ2v) is 3.79. The van der Waals surface area contributed by atoms with Crippen LogP contribution >= 0.6 is 0 Å². The Morgan fingerprint density at radius 2 is 2.19 bits per heavy atom. The molecule has 0 spiro atoms. The predicted octanol–water partition coefficient (Wildman–Crippen LogP) is 2.41. The fourth-order valence-electron chi connectivity index (χ4n) is 1.56. The fraction of sp³-hybridized carbons (Fsp3) is 0.357. The summed E-state index contributed by atoms with van der Waals surface area (Å²) in [7, 11) is 0. The average molecular weight is 216 g/mol. The molecule has 1 aromatic rings. The maximum absolute atomic E-state index is 11.2. The second kappa shape index (κ2) is 5.97. The molecule has 0 aromatic heterocycles. The number of hydrogen-bond donors (Lipinski definition) is 0. The molecule has 0 radical (unpaired) electrons. The first-order chi connectivity index (χ1) is 7.63. The van der Waals surface area contributed by atoms with Crippen molar-refractivity contribution in [2.45, 2.75) is 26.7 Å². The van der Waals surface area contributed by atoms with E-state index in [9.17, 15) is 4.79 Å². The van der Waals surface area contributed by atoms with E-state index < -0.39 is 0 Å². The molecule has 1 aromatic carbocycles. The first kappa shape index (κ1) is 12.3. The van der Waals surface area contributed by atoms with E-state index in [1.54, 1.807) is 0 Å². The molecule has 0 bridgehead atoms. The molecule has 0 amide bonds. The number of benzene rings is 1. The summed E-state index contributed by atoms with van der Waals surface area (Å²) >= 11 is 0. The number of carbonyl (C=O) groups excluding carboxylic acids is 1. The van der Waals surface area contributed by atoms with Crippen molar-refractivity contribution in [3.05, 3.63) is 34.9 Å². The van der Waals surface area contributed by atoms with Crippen LogP contribution in [0.1, 0.15) is 23.1 Å². The van der Waals surface area contributed by atoms with Gasteiger partial charge in [0, 0.05) is 6.42 Å². The zero-order chi connectivity index (χ0) is 12.0. The number of rotatable bonds is 4. The summed E-state index contributed by atoms with van der Waals surface area (Å²) in [4.78, 5) is 11.2. The van der Waals surface area contributed by atoms with Crippen LogP contribution in [0.5, 0.6) is 0 Å². The molecular weight excluding hydrogens is 200 g/mol. The van der Waals surface area contributed by atoms with E-state index in [2.05, 4.69) is 38.0 Å². The Morgan fingerprint density at radius 3 is 2.81 bits per heavy atom. The van der Waals surface area contributed by atoms with Gasteiger partial charge in [0.25, 0.3) is 0 Å². The van der Waals surface area contributed by atoms with E-state index in [0.717, 1.165) is 0 Å². The van der Waals surface area contributed by atoms with Gasteiger partial charge < -0.3 is 4.74 Å². The normalized spacial score (nSPS) is 9.56. The van der Waals surface area contributed by atoms with Crippen molar-refractivity contribution in [1.29, 1.82) is 0 Å². The fourth-order valence-corrected chi connectivity index (χ4v) is 1.56. The average Bonchev–Trinajstić information content (AvgIpc) is 2.25. The number of carbonyl (C=O) groups is 1. The third-order valence-corrected chi connectivity index (χ3v) is 2.41. The van der Waals surface area contributed by atoms with E-state index in [4.69, 9.17) is 11.2 Å². The molecule has 2 nitrogen and oxygen atoms in total. The van der Waals surface area contributed by atoms with Crippen molar-refractivity contribution in [3.8, 4) is 12.3 Å². The highest BCUT2D eigenvalue weighted by Gasteiger charge is 2.04. The molecule has 84 valence electrons.